The molecule has 2 atom stereocenters. The molecule has 0 rings (SSSR count). The summed E-state index contributed by atoms with van der Waals surface area (Å²) in [5, 5.41) is 0. The number of carbonyl (C=O) groups excluding carboxylic acids is 2. The van der Waals surface area contributed by atoms with E-state index in [4.69, 9.17) is 18.5 Å². The summed E-state index contributed by atoms with van der Waals surface area (Å²) in [4.78, 5) is 34.6. The van der Waals surface area contributed by atoms with Crippen molar-refractivity contribution < 1.29 is 37.6 Å². The van der Waals surface area contributed by atoms with E-state index in [2.05, 4.69) is 26.0 Å². The molecule has 2 unspecified atom stereocenters. The van der Waals surface area contributed by atoms with E-state index in [1.165, 1.54) is 141 Å². The number of allylic oxidation sites excluding steroid dienone is 2. The molecule has 8 nitrogen and oxygen atoms in total. The number of unbranched alkanes of at least 4 members (excludes halogenated alkanes) is 25. The third kappa shape index (κ3) is 36.6. The van der Waals surface area contributed by atoms with Gasteiger partial charge >= 0.3 is 19.8 Å². The van der Waals surface area contributed by atoms with E-state index in [-0.39, 0.29) is 32.2 Å². The van der Waals surface area contributed by atoms with E-state index in [0.717, 1.165) is 32.1 Å². The van der Waals surface area contributed by atoms with E-state index in [1.807, 2.05) is 0 Å². The van der Waals surface area contributed by atoms with Gasteiger partial charge in [0.25, 0.3) is 0 Å². The van der Waals surface area contributed by atoms with Gasteiger partial charge in [-0.1, -0.05) is 167 Å². The molecule has 0 bridgehead atoms. The number of esters is 2. The molecule has 0 aliphatic carbocycles. The molecule has 0 spiro atoms. The van der Waals surface area contributed by atoms with Gasteiger partial charge in [0.2, 0.25) is 0 Å². The van der Waals surface area contributed by atoms with E-state index < -0.39 is 19.9 Å². The maximum absolute atomic E-state index is 12.5. The molecule has 0 aromatic rings. The van der Waals surface area contributed by atoms with Crippen molar-refractivity contribution in [3.8, 4) is 0 Å². The highest BCUT2D eigenvalue weighted by Gasteiger charge is 2.25. The second-order valence-electron chi connectivity index (χ2n) is 14.0. The van der Waals surface area contributed by atoms with Gasteiger partial charge in [-0.05, 0) is 45.4 Å². The van der Waals surface area contributed by atoms with Crippen LogP contribution < -0.4 is 0 Å². The predicted molar refractivity (Wildman–Crippen MR) is 207 cm³/mol. The second kappa shape index (κ2) is 37.5. The maximum Gasteiger partial charge on any atom is 0.472 e. The van der Waals surface area contributed by atoms with Crippen molar-refractivity contribution in [3.05, 3.63) is 12.2 Å². The quantitative estimate of drug-likeness (QED) is 0.0288. The summed E-state index contributed by atoms with van der Waals surface area (Å²) in [6, 6.07) is 0. The first-order valence-corrected chi connectivity index (χ1v) is 22.5. The fourth-order valence-corrected chi connectivity index (χ4v) is 6.73. The Kier molecular flexibility index (Phi) is 36.6. The molecule has 0 fully saturated rings. The van der Waals surface area contributed by atoms with Gasteiger partial charge < -0.3 is 14.4 Å². The molecule has 0 radical (unpaired) electrons. The Labute approximate surface area is 308 Å². The van der Waals surface area contributed by atoms with Crippen molar-refractivity contribution in [2.45, 2.75) is 219 Å². The predicted octanol–water partition coefficient (Wildman–Crippen LogP) is 12.9. The lowest BCUT2D eigenvalue weighted by molar-refractivity contribution is -0.161. The summed E-state index contributed by atoms with van der Waals surface area (Å²) in [5.74, 6) is -0.792. The van der Waals surface area contributed by atoms with Crippen LogP contribution in [-0.2, 0) is 32.7 Å². The molecule has 0 saturated heterocycles. The van der Waals surface area contributed by atoms with Crippen LogP contribution in [-0.4, -0.2) is 42.8 Å². The van der Waals surface area contributed by atoms with Crippen molar-refractivity contribution in [1.82, 2.24) is 0 Å². The van der Waals surface area contributed by atoms with Crippen LogP contribution in [0.3, 0.4) is 0 Å². The molecule has 0 amide bonds. The first-order chi connectivity index (χ1) is 24.3. The number of phosphoric ester groups is 1. The number of hydrogen-bond donors (Lipinski definition) is 1. The van der Waals surface area contributed by atoms with Gasteiger partial charge in [-0.15, -0.1) is 0 Å². The smallest absolute Gasteiger partial charge is 0.462 e. The molecular formula is C41H79O8P. The number of carbonyl (C=O) groups is 2. The molecule has 0 heterocycles. The zero-order chi connectivity index (χ0) is 36.8. The summed E-state index contributed by atoms with van der Waals surface area (Å²) in [5.41, 5.74) is 0. The average molecular weight is 731 g/mol. The van der Waals surface area contributed by atoms with Gasteiger partial charge in [-0.2, -0.15) is 0 Å². The summed E-state index contributed by atoms with van der Waals surface area (Å²) in [6.45, 7) is 5.48. The van der Waals surface area contributed by atoms with Gasteiger partial charge in [0.05, 0.1) is 13.2 Å². The van der Waals surface area contributed by atoms with Crippen LogP contribution in [0.25, 0.3) is 0 Å². The topological polar surface area (TPSA) is 108 Å². The minimum atomic E-state index is -4.27. The van der Waals surface area contributed by atoms with Crippen molar-refractivity contribution >= 4 is 19.8 Å². The largest absolute Gasteiger partial charge is 0.472 e. The maximum atomic E-state index is 12.5. The van der Waals surface area contributed by atoms with E-state index in [1.54, 1.807) is 6.92 Å². The average Bonchev–Trinajstić information content (AvgIpc) is 3.09. The second-order valence-corrected chi connectivity index (χ2v) is 15.5. The first kappa shape index (κ1) is 48.8. The summed E-state index contributed by atoms with van der Waals surface area (Å²) >= 11 is 0. The summed E-state index contributed by atoms with van der Waals surface area (Å²) in [7, 11) is -4.27. The lowest BCUT2D eigenvalue weighted by Crippen LogP contribution is -2.29. The number of ether oxygens (including phenoxy) is 2. The minimum Gasteiger partial charge on any atom is -0.462 e. The van der Waals surface area contributed by atoms with Crippen molar-refractivity contribution in [1.29, 1.82) is 0 Å². The molecular weight excluding hydrogens is 651 g/mol. The monoisotopic (exact) mass is 731 g/mol. The van der Waals surface area contributed by atoms with E-state index in [0.29, 0.717) is 12.8 Å². The van der Waals surface area contributed by atoms with E-state index >= 15 is 0 Å². The molecule has 0 aromatic carbocycles. The van der Waals surface area contributed by atoms with Crippen molar-refractivity contribution in [2.75, 3.05) is 19.8 Å². The third-order valence-corrected chi connectivity index (χ3v) is 10.1. The molecule has 0 aromatic heterocycles. The molecule has 1 N–H and O–H groups in total. The van der Waals surface area contributed by atoms with E-state index in [9.17, 15) is 19.0 Å². The molecule has 0 saturated carbocycles. The van der Waals surface area contributed by atoms with Crippen LogP contribution in [0.2, 0.25) is 0 Å². The van der Waals surface area contributed by atoms with Crippen molar-refractivity contribution in [2.24, 2.45) is 0 Å². The fraction of sp³-hybridized carbons (Fsp3) is 0.902. The Hall–Kier alpha value is -1.21. The Morgan fingerprint density at radius 3 is 1.32 bits per heavy atom. The SMILES string of the molecule is CCCCCCCC/C=C\CCCCCCCCCCCC(=O)OC(COC(=O)CCCCCCCCCCCCC)COP(=O)(O)OCC. The Morgan fingerprint density at radius 2 is 0.900 bits per heavy atom. The van der Waals surface area contributed by atoms with Crippen LogP contribution in [0.15, 0.2) is 12.2 Å². The lowest BCUT2D eigenvalue weighted by atomic mass is 10.1. The highest BCUT2D eigenvalue weighted by atomic mass is 31.2. The van der Waals surface area contributed by atoms with Crippen LogP contribution >= 0.6 is 7.82 Å². The van der Waals surface area contributed by atoms with Crippen LogP contribution in [0.4, 0.5) is 0 Å². The zero-order valence-corrected chi connectivity index (χ0v) is 33.7. The first-order valence-electron chi connectivity index (χ1n) is 21.0. The van der Waals surface area contributed by atoms with Gasteiger partial charge in [0.1, 0.15) is 6.61 Å². The summed E-state index contributed by atoms with van der Waals surface area (Å²) < 4.78 is 32.6. The van der Waals surface area contributed by atoms with Gasteiger partial charge in [-0.25, -0.2) is 4.57 Å². The molecule has 0 aliphatic rings. The molecule has 0 aliphatic heterocycles. The summed E-state index contributed by atoms with van der Waals surface area (Å²) in [6.07, 6.45) is 38.3. The lowest BCUT2D eigenvalue weighted by Gasteiger charge is -2.19. The highest BCUT2D eigenvalue weighted by molar-refractivity contribution is 7.47. The molecule has 9 heteroatoms. The fourth-order valence-electron chi connectivity index (χ4n) is 5.98. The standard InChI is InChI=1S/C41H79O8P/c1-4-7-9-11-13-15-17-18-19-20-21-22-23-24-26-28-30-32-34-36-41(43)49-39(38-48-50(44,45)47-6-3)37-46-40(42)35-33-31-29-27-25-16-14-12-10-8-5-2/h18-19,39H,4-17,20-38H2,1-3H3,(H,44,45)/b19-18-. The van der Waals surface area contributed by atoms with Crippen LogP contribution in [0.1, 0.15) is 213 Å². The normalized spacial score (nSPS) is 13.4. The zero-order valence-electron chi connectivity index (χ0n) is 32.8. The van der Waals surface area contributed by atoms with Crippen LogP contribution in [0, 0.1) is 0 Å². The number of hydrogen-bond acceptors (Lipinski definition) is 7. The Morgan fingerprint density at radius 1 is 0.520 bits per heavy atom. The Bertz CT molecular complexity index is 833. The number of rotatable bonds is 39. The van der Waals surface area contributed by atoms with Crippen molar-refractivity contribution in [3.63, 3.8) is 0 Å². The number of phosphoric acid groups is 1. The van der Waals surface area contributed by atoms with Gasteiger partial charge in [0.15, 0.2) is 6.10 Å². The van der Waals surface area contributed by atoms with Gasteiger partial charge in [0, 0.05) is 12.8 Å². The van der Waals surface area contributed by atoms with Crippen LogP contribution in [0.5, 0.6) is 0 Å². The molecule has 50 heavy (non-hydrogen) atoms. The minimum absolute atomic E-state index is 0.00315. The highest BCUT2D eigenvalue weighted by Crippen LogP contribution is 2.43. The Balaban J connectivity index is 4.04. The molecule has 296 valence electrons. The van der Waals surface area contributed by atoms with Gasteiger partial charge in [-0.3, -0.25) is 18.6 Å². The third-order valence-electron chi connectivity index (χ3n) is 9.07.